The molecule has 184 valence electrons. The van der Waals surface area contributed by atoms with Gasteiger partial charge in [-0.2, -0.15) is 26.3 Å². The molecule has 1 amide bonds. The quantitative estimate of drug-likeness (QED) is 0.498. The van der Waals surface area contributed by atoms with E-state index in [1.54, 1.807) is 12.1 Å². The fourth-order valence-corrected chi connectivity index (χ4v) is 4.93. The first kappa shape index (κ1) is 24.5. The molecule has 0 radical (unpaired) electrons. The summed E-state index contributed by atoms with van der Waals surface area (Å²) in [5.74, 6) is -1.55. The van der Waals surface area contributed by atoms with Crippen molar-refractivity contribution >= 4 is 5.91 Å². The maximum atomic E-state index is 13.5. The molecule has 0 aliphatic carbocycles. The molecule has 0 N–H and O–H groups in total. The second-order valence-electron chi connectivity index (χ2n) is 8.80. The SMILES string of the molecule is O=C(c1cc(C(F)(F)F)cc(C(F)(F)F)c1)N1CC[C@@H](N2CCCC2)[C@@H](c2ccc(F)cc2)C1. The van der Waals surface area contributed by atoms with Crippen LogP contribution < -0.4 is 0 Å². The monoisotopic (exact) mass is 488 g/mol. The zero-order valence-corrected chi connectivity index (χ0v) is 18.1. The minimum atomic E-state index is -5.03. The normalized spacial score (nSPS) is 22.3. The van der Waals surface area contributed by atoms with Crippen LogP contribution in [0.1, 0.15) is 52.2 Å². The number of amides is 1. The van der Waals surface area contributed by atoms with Gasteiger partial charge in [0.15, 0.2) is 0 Å². The number of likely N-dealkylation sites (tertiary alicyclic amines) is 2. The van der Waals surface area contributed by atoms with Gasteiger partial charge < -0.3 is 4.90 Å². The van der Waals surface area contributed by atoms with Crippen LogP contribution in [0.3, 0.4) is 0 Å². The van der Waals surface area contributed by atoms with Crippen LogP contribution in [-0.4, -0.2) is 47.9 Å². The molecule has 34 heavy (non-hydrogen) atoms. The van der Waals surface area contributed by atoms with E-state index in [0.29, 0.717) is 18.6 Å². The van der Waals surface area contributed by atoms with Crippen LogP contribution in [0.25, 0.3) is 0 Å². The van der Waals surface area contributed by atoms with Crippen molar-refractivity contribution in [3.8, 4) is 0 Å². The number of hydrogen-bond donors (Lipinski definition) is 0. The minimum absolute atomic E-state index is 0.0116. The summed E-state index contributed by atoms with van der Waals surface area (Å²) in [6.07, 6.45) is -7.50. The number of benzene rings is 2. The maximum absolute atomic E-state index is 13.5. The van der Waals surface area contributed by atoms with E-state index in [2.05, 4.69) is 4.90 Å². The Labute approximate surface area is 192 Å². The lowest BCUT2D eigenvalue weighted by Gasteiger charge is -2.43. The summed E-state index contributed by atoms with van der Waals surface area (Å²) in [4.78, 5) is 16.7. The predicted molar refractivity (Wildman–Crippen MR) is 111 cm³/mol. The van der Waals surface area contributed by atoms with Gasteiger partial charge in [-0.1, -0.05) is 12.1 Å². The number of halogens is 7. The molecule has 10 heteroatoms. The molecule has 2 aliphatic rings. The highest BCUT2D eigenvalue weighted by Crippen LogP contribution is 2.38. The Bertz CT molecular complexity index is 995. The van der Waals surface area contributed by atoms with E-state index in [9.17, 15) is 35.5 Å². The van der Waals surface area contributed by atoms with E-state index in [0.717, 1.165) is 31.5 Å². The van der Waals surface area contributed by atoms with E-state index < -0.39 is 40.8 Å². The van der Waals surface area contributed by atoms with Crippen LogP contribution in [0, 0.1) is 5.82 Å². The van der Waals surface area contributed by atoms with Gasteiger partial charge >= 0.3 is 12.4 Å². The number of carbonyl (C=O) groups excluding carboxylic acids is 1. The van der Waals surface area contributed by atoms with Gasteiger partial charge in [0, 0.05) is 30.6 Å². The van der Waals surface area contributed by atoms with Crippen molar-refractivity contribution in [2.45, 2.75) is 43.6 Å². The molecular formula is C24H23F7N2O. The predicted octanol–water partition coefficient (Wildman–Crippen LogP) is 5.96. The van der Waals surface area contributed by atoms with Crippen LogP contribution in [0.2, 0.25) is 0 Å². The van der Waals surface area contributed by atoms with E-state index in [-0.39, 0.29) is 31.1 Å². The van der Waals surface area contributed by atoms with Crippen molar-refractivity contribution in [2.75, 3.05) is 26.2 Å². The van der Waals surface area contributed by atoms with Gasteiger partial charge in [0.2, 0.25) is 0 Å². The summed E-state index contributed by atoms with van der Waals surface area (Å²) in [5.41, 5.74) is -2.92. The standard InChI is InChI=1S/C24H23F7N2O/c25-19-5-3-15(4-6-19)20-14-33(10-7-21(20)32-8-1-2-9-32)22(34)16-11-17(23(26,27)28)13-18(12-16)24(29,30)31/h3-6,11-13,20-21H,1-2,7-10,14H2/t20-,21-/m1/s1. The highest BCUT2D eigenvalue weighted by Gasteiger charge is 2.40. The van der Waals surface area contributed by atoms with Crippen LogP contribution in [0.5, 0.6) is 0 Å². The Morgan fingerprint density at radius 1 is 0.824 bits per heavy atom. The molecule has 0 saturated carbocycles. The van der Waals surface area contributed by atoms with Gasteiger partial charge in [0.25, 0.3) is 5.91 Å². The lowest BCUT2D eigenvalue weighted by atomic mass is 9.84. The molecule has 2 fully saturated rings. The number of alkyl halides is 6. The van der Waals surface area contributed by atoms with Crippen molar-refractivity contribution < 1.29 is 35.5 Å². The number of carbonyl (C=O) groups is 1. The van der Waals surface area contributed by atoms with Crippen LogP contribution in [0.4, 0.5) is 30.7 Å². The lowest BCUT2D eigenvalue weighted by molar-refractivity contribution is -0.143. The van der Waals surface area contributed by atoms with Gasteiger partial charge in [-0.05, 0) is 68.2 Å². The molecule has 2 saturated heterocycles. The third kappa shape index (κ3) is 5.21. The molecule has 2 aromatic carbocycles. The van der Waals surface area contributed by atoms with Crippen LogP contribution >= 0.6 is 0 Å². The molecule has 2 heterocycles. The smallest absolute Gasteiger partial charge is 0.338 e. The molecule has 0 aromatic heterocycles. The summed E-state index contributed by atoms with van der Waals surface area (Å²) >= 11 is 0. The second-order valence-corrected chi connectivity index (χ2v) is 8.80. The molecule has 0 spiro atoms. The highest BCUT2D eigenvalue weighted by atomic mass is 19.4. The number of hydrogen-bond acceptors (Lipinski definition) is 2. The fourth-order valence-electron chi connectivity index (χ4n) is 4.93. The maximum Gasteiger partial charge on any atom is 0.416 e. The molecule has 2 aliphatic heterocycles. The number of nitrogens with zero attached hydrogens (tertiary/aromatic N) is 2. The van der Waals surface area contributed by atoms with E-state index in [1.165, 1.54) is 17.0 Å². The van der Waals surface area contributed by atoms with E-state index in [4.69, 9.17) is 0 Å². The summed E-state index contributed by atoms with van der Waals surface area (Å²) < 4.78 is 93.0. The summed E-state index contributed by atoms with van der Waals surface area (Å²) in [6, 6.07) is 6.83. The zero-order chi connectivity index (χ0) is 24.7. The van der Waals surface area contributed by atoms with Crippen molar-refractivity contribution in [2.24, 2.45) is 0 Å². The first-order valence-corrected chi connectivity index (χ1v) is 11.0. The minimum Gasteiger partial charge on any atom is -0.338 e. The van der Waals surface area contributed by atoms with Gasteiger partial charge in [0.05, 0.1) is 11.1 Å². The average molecular weight is 488 g/mol. The molecular weight excluding hydrogens is 465 g/mol. The Morgan fingerprint density at radius 2 is 1.38 bits per heavy atom. The Kier molecular flexibility index (Phi) is 6.63. The van der Waals surface area contributed by atoms with Gasteiger partial charge in [-0.25, -0.2) is 4.39 Å². The third-order valence-corrected chi connectivity index (χ3v) is 6.61. The van der Waals surface area contributed by atoms with Gasteiger partial charge in [-0.3, -0.25) is 9.69 Å². The summed E-state index contributed by atoms with van der Waals surface area (Å²) in [6.45, 7) is 2.07. The van der Waals surface area contributed by atoms with Crippen molar-refractivity contribution in [1.82, 2.24) is 9.80 Å². The highest BCUT2D eigenvalue weighted by molar-refractivity contribution is 5.95. The largest absolute Gasteiger partial charge is 0.416 e. The van der Waals surface area contributed by atoms with Gasteiger partial charge in [-0.15, -0.1) is 0 Å². The Morgan fingerprint density at radius 3 is 1.91 bits per heavy atom. The number of rotatable bonds is 3. The lowest BCUT2D eigenvalue weighted by Crippen LogP contribution is -2.50. The molecule has 4 rings (SSSR count). The van der Waals surface area contributed by atoms with Crippen molar-refractivity contribution in [3.05, 3.63) is 70.5 Å². The Balaban J connectivity index is 1.65. The Hall–Kier alpha value is -2.62. The van der Waals surface area contributed by atoms with E-state index >= 15 is 0 Å². The molecule has 2 atom stereocenters. The molecule has 0 unspecified atom stereocenters. The average Bonchev–Trinajstić information content (AvgIpc) is 3.32. The van der Waals surface area contributed by atoms with Gasteiger partial charge in [0.1, 0.15) is 5.82 Å². The van der Waals surface area contributed by atoms with Crippen molar-refractivity contribution in [1.29, 1.82) is 0 Å². The summed E-state index contributed by atoms with van der Waals surface area (Å²) in [5, 5.41) is 0. The number of piperidine rings is 1. The fraction of sp³-hybridized carbons (Fsp3) is 0.458. The summed E-state index contributed by atoms with van der Waals surface area (Å²) in [7, 11) is 0. The molecule has 3 nitrogen and oxygen atoms in total. The second kappa shape index (κ2) is 9.20. The molecule has 2 aromatic rings. The van der Waals surface area contributed by atoms with Crippen molar-refractivity contribution in [3.63, 3.8) is 0 Å². The topological polar surface area (TPSA) is 23.6 Å². The zero-order valence-electron chi connectivity index (χ0n) is 18.1. The first-order valence-electron chi connectivity index (χ1n) is 11.0. The van der Waals surface area contributed by atoms with E-state index in [1.807, 2.05) is 0 Å². The first-order chi connectivity index (χ1) is 15.9. The third-order valence-electron chi connectivity index (χ3n) is 6.61. The molecule has 0 bridgehead atoms. The van der Waals surface area contributed by atoms with Crippen LogP contribution in [-0.2, 0) is 12.4 Å². The van der Waals surface area contributed by atoms with Crippen LogP contribution in [0.15, 0.2) is 42.5 Å².